The molecule has 1 aliphatic rings. The Morgan fingerprint density at radius 1 is 1.50 bits per heavy atom. The molecule has 0 aliphatic carbocycles. The fraction of sp³-hybridized carbons (Fsp3) is 0.462. The molecule has 2 rings (SSSR count). The van der Waals surface area contributed by atoms with Crippen LogP contribution in [0.15, 0.2) is 24.3 Å². The van der Waals surface area contributed by atoms with Gasteiger partial charge in [0.1, 0.15) is 5.75 Å². The Bertz CT molecular complexity index is 421. The second-order valence-electron chi connectivity index (χ2n) is 4.46. The van der Waals surface area contributed by atoms with E-state index in [0.29, 0.717) is 24.6 Å². The van der Waals surface area contributed by atoms with E-state index in [1.54, 1.807) is 17.0 Å². The van der Waals surface area contributed by atoms with Gasteiger partial charge in [-0.2, -0.15) is 0 Å². The minimum absolute atomic E-state index is 0.0331. The van der Waals surface area contributed by atoms with Crippen LogP contribution in [0, 0.1) is 0 Å². The Kier molecular flexibility index (Phi) is 4.09. The Morgan fingerprint density at radius 3 is 2.78 bits per heavy atom. The fourth-order valence-electron chi connectivity index (χ4n) is 1.96. The highest BCUT2D eigenvalue weighted by molar-refractivity contribution is 6.18. The van der Waals surface area contributed by atoms with Crippen molar-refractivity contribution in [2.24, 2.45) is 0 Å². The summed E-state index contributed by atoms with van der Waals surface area (Å²) < 4.78 is 5.51. The quantitative estimate of drug-likeness (QED) is 0.834. The third-order valence-electron chi connectivity index (χ3n) is 3.05. The summed E-state index contributed by atoms with van der Waals surface area (Å²) in [5, 5.41) is 9.22. The number of amides is 1. The molecule has 18 heavy (non-hydrogen) atoms. The van der Waals surface area contributed by atoms with Crippen LogP contribution in [0.4, 0.5) is 0 Å². The summed E-state index contributed by atoms with van der Waals surface area (Å²) in [4.78, 5) is 14.1. The molecule has 1 aromatic rings. The molecule has 0 spiro atoms. The molecule has 0 bridgehead atoms. The zero-order chi connectivity index (χ0) is 13.1. The summed E-state index contributed by atoms with van der Waals surface area (Å²) in [6.07, 6.45) is -0.107. The summed E-state index contributed by atoms with van der Waals surface area (Å²) in [7, 11) is 0. The minimum Gasteiger partial charge on any atom is -0.508 e. The molecule has 1 saturated heterocycles. The van der Waals surface area contributed by atoms with Crippen molar-refractivity contribution >= 4 is 17.5 Å². The first kappa shape index (κ1) is 13.2. The van der Waals surface area contributed by atoms with E-state index in [0.717, 1.165) is 0 Å². The van der Waals surface area contributed by atoms with Crippen molar-refractivity contribution in [2.75, 3.05) is 19.0 Å². The average molecular weight is 270 g/mol. The standard InChI is InChI=1S/C13H16ClNO3/c1-9-8-18-12(6-14)7-15(9)13(17)10-2-4-11(16)5-3-10/h2-5,9,12,16H,6-8H2,1H3. The first-order chi connectivity index (χ1) is 8.61. The molecule has 0 aromatic heterocycles. The Labute approximate surface area is 111 Å². The number of carbonyl (C=O) groups is 1. The summed E-state index contributed by atoms with van der Waals surface area (Å²) in [6.45, 7) is 2.95. The number of alkyl halides is 1. The Morgan fingerprint density at radius 2 is 2.17 bits per heavy atom. The van der Waals surface area contributed by atoms with E-state index in [1.165, 1.54) is 12.1 Å². The number of nitrogens with zero attached hydrogens (tertiary/aromatic N) is 1. The second kappa shape index (κ2) is 5.59. The van der Waals surface area contributed by atoms with Crippen molar-refractivity contribution in [2.45, 2.75) is 19.1 Å². The van der Waals surface area contributed by atoms with Crippen LogP contribution >= 0.6 is 11.6 Å². The molecular formula is C13H16ClNO3. The number of carbonyl (C=O) groups excluding carboxylic acids is 1. The topological polar surface area (TPSA) is 49.8 Å². The lowest BCUT2D eigenvalue weighted by atomic mass is 10.1. The van der Waals surface area contributed by atoms with E-state index in [9.17, 15) is 9.90 Å². The Hall–Kier alpha value is -1.26. The normalized spacial score (nSPS) is 24.0. The Balaban J connectivity index is 2.13. The number of rotatable bonds is 2. The van der Waals surface area contributed by atoms with Gasteiger partial charge in [0, 0.05) is 12.1 Å². The van der Waals surface area contributed by atoms with Gasteiger partial charge in [-0.05, 0) is 31.2 Å². The highest BCUT2D eigenvalue weighted by Gasteiger charge is 2.29. The molecule has 1 heterocycles. The molecule has 2 atom stereocenters. The predicted octanol–water partition coefficient (Wildman–Crippen LogP) is 1.86. The molecule has 1 aliphatic heterocycles. The van der Waals surface area contributed by atoms with Gasteiger partial charge >= 0.3 is 0 Å². The predicted molar refractivity (Wildman–Crippen MR) is 69.1 cm³/mol. The van der Waals surface area contributed by atoms with Crippen LogP contribution < -0.4 is 0 Å². The van der Waals surface area contributed by atoms with Crippen molar-refractivity contribution in [3.63, 3.8) is 0 Å². The van der Waals surface area contributed by atoms with Crippen LogP contribution in [0.1, 0.15) is 17.3 Å². The zero-order valence-electron chi connectivity index (χ0n) is 10.2. The molecule has 5 heteroatoms. The van der Waals surface area contributed by atoms with Crippen LogP contribution in [0.5, 0.6) is 5.75 Å². The third kappa shape index (κ3) is 2.76. The lowest BCUT2D eigenvalue weighted by Gasteiger charge is -2.37. The first-order valence-corrected chi connectivity index (χ1v) is 6.43. The molecule has 1 aromatic carbocycles. The highest BCUT2D eigenvalue weighted by atomic mass is 35.5. The van der Waals surface area contributed by atoms with Gasteiger partial charge in [0.05, 0.1) is 24.6 Å². The maximum Gasteiger partial charge on any atom is 0.254 e. The highest BCUT2D eigenvalue weighted by Crippen LogP contribution is 2.18. The molecule has 2 unspecified atom stereocenters. The van der Waals surface area contributed by atoms with Gasteiger partial charge in [0.25, 0.3) is 5.91 Å². The first-order valence-electron chi connectivity index (χ1n) is 5.89. The molecule has 1 fully saturated rings. The van der Waals surface area contributed by atoms with E-state index < -0.39 is 0 Å². The SMILES string of the molecule is CC1COC(CCl)CN1C(=O)c1ccc(O)cc1. The van der Waals surface area contributed by atoms with E-state index in [-0.39, 0.29) is 23.8 Å². The molecule has 0 radical (unpaired) electrons. The maximum atomic E-state index is 12.3. The number of benzene rings is 1. The molecule has 1 amide bonds. The largest absolute Gasteiger partial charge is 0.508 e. The fourth-order valence-corrected chi connectivity index (χ4v) is 2.15. The van der Waals surface area contributed by atoms with Crippen LogP contribution in [-0.4, -0.2) is 47.1 Å². The van der Waals surface area contributed by atoms with Gasteiger partial charge in [-0.1, -0.05) is 0 Å². The molecule has 1 N–H and O–H groups in total. The average Bonchev–Trinajstić information content (AvgIpc) is 2.39. The van der Waals surface area contributed by atoms with Crippen LogP contribution in [0.3, 0.4) is 0 Å². The van der Waals surface area contributed by atoms with Gasteiger partial charge in [0.2, 0.25) is 0 Å². The van der Waals surface area contributed by atoms with Gasteiger partial charge in [0.15, 0.2) is 0 Å². The smallest absolute Gasteiger partial charge is 0.254 e. The number of halogens is 1. The number of morpholine rings is 1. The number of hydrogen-bond donors (Lipinski definition) is 1. The maximum absolute atomic E-state index is 12.3. The summed E-state index contributed by atoms with van der Waals surface area (Å²) in [6, 6.07) is 6.30. The number of phenolic OH excluding ortho intramolecular Hbond substituents is 1. The van der Waals surface area contributed by atoms with E-state index in [2.05, 4.69) is 0 Å². The number of aromatic hydroxyl groups is 1. The van der Waals surface area contributed by atoms with E-state index in [4.69, 9.17) is 16.3 Å². The van der Waals surface area contributed by atoms with Gasteiger partial charge in [-0.3, -0.25) is 4.79 Å². The summed E-state index contributed by atoms with van der Waals surface area (Å²) in [5.74, 6) is 0.479. The number of phenols is 1. The lowest BCUT2D eigenvalue weighted by Crippen LogP contribution is -2.51. The molecule has 0 saturated carbocycles. The second-order valence-corrected chi connectivity index (χ2v) is 4.77. The van der Waals surface area contributed by atoms with Crippen molar-refractivity contribution in [1.29, 1.82) is 0 Å². The van der Waals surface area contributed by atoms with Crippen LogP contribution in [-0.2, 0) is 4.74 Å². The van der Waals surface area contributed by atoms with Crippen molar-refractivity contribution in [3.05, 3.63) is 29.8 Å². The third-order valence-corrected chi connectivity index (χ3v) is 3.40. The number of hydrogen-bond acceptors (Lipinski definition) is 3. The molecule has 98 valence electrons. The summed E-state index contributed by atoms with van der Waals surface area (Å²) in [5.41, 5.74) is 0.565. The summed E-state index contributed by atoms with van der Waals surface area (Å²) >= 11 is 5.77. The van der Waals surface area contributed by atoms with Crippen molar-refractivity contribution in [3.8, 4) is 5.75 Å². The van der Waals surface area contributed by atoms with E-state index in [1.807, 2.05) is 6.92 Å². The number of ether oxygens (including phenoxy) is 1. The zero-order valence-corrected chi connectivity index (χ0v) is 10.9. The molecule has 4 nitrogen and oxygen atoms in total. The van der Waals surface area contributed by atoms with Crippen LogP contribution in [0.25, 0.3) is 0 Å². The van der Waals surface area contributed by atoms with Crippen LogP contribution in [0.2, 0.25) is 0 Å². The van der Waals surface area contributed by atoms with E-state index >= 15 is 0 Å². The monoisotopic (exact) mass is 269 g/mol. The van der Waals surface area contributed by atoms with Gasteiger partial charge in [-0.15, -0.1) is 11.6 Å². The van der Waals surface area contributed by atoms with Gasteiger partial charge < -0.3 is 14.7 Å². The van der Waals surface area contributed by atoms with Crippen molar-refractivity contribution in [1.82, 2.24) is 4.90 Å². The minimum atomic E-state index is -0.107. The van der Waals surface area contributed by atoms with Gasteiger partial charge in [-0.25, -0.2) is 0 Å². The molecular weight excluding hydrogens is 254 g/mol. The lowest BCUT2D eigenvalue weighted by molar-refractivity contribution is -0.0371. The van der Waals surface area contributed by atoms with Crippen molar-refractivity contribution < 1.29 is 14.6 Å².